The molecule has 19 heavy (non-hydrogen) atoms. The van der Waals surface area contributed by atoms with Crippen LogP contribution in [0.4, 0.5) is 10.1 Å². The molecule has 0 saturated carbocycles. The van der Waals surface area contributed by atoms with Crippen LogP contribution in [0.5, 0.6) is 0 Å². The largest absolute Gasteiger partial charge is 0.378 e. The van der Waals surface area contributed by atoms with E-state index in [1.54, 1.807) is 12.1 Å². The van der Waals surface area contributed by atoms with Crippen molar-refractivity contribution in [3.8, 4) is 0 Å². The highest BCUT2D eigenvalue weighted by Gasteiger charge is 2.17. The van der Waals surface area contributed by atoms with Gasteiger partial charge in [0.1, 0.15) is 5.82 Å². The molecule has 2 rings (SSSR count). The van der Waals surface area contributed by atoms with Crippen LogP contribution in [0.15, 0.2) is 36.4 Å². The van der Waals surface area contributed by atoms with Crippen molar-refractivity contribution in [1.29, 1.82) is 0 Å². The first-order valence-electron chi connectivity index (χ1n) is 5.64. The number of rotatable bonds is 3. The quantitative estimate of drug-likeness (QED) is 0.689. The van der Waals surface area contributed by atoms with Crippen molar-refractivity contribution in [2.24, 2.45) is 0 Å². The van der Waals surface area contributed by atoms with E-state index >= 15 is 0 Å². The van der Waals surface area contributed by atoms with Crippen molar-refractivity contribution in [2.45, 2.75) is 13.0 Å². The van der Waals surface area contributed by atoms with Crippen LogP contribution in [0.25, 0.3) is 0 Å². The molecule has 2 aromatic rings. The van der Waals surface area contributed by atoms with E-state index in [1.165, 1.54) is 12.1 Å². The summed E-state index contributed by atoms with van der Waals surface area (Å²) in [6.45, 7) is 1.85. The van der Waals surface area contributed by atoms with Crippen molar-refractivity contribution >= 4 is 40.5 Å². The molecule has 0 radical (unpaired) electrons. The zero-order chi connectivity index (χ0) is 14.0. The maximum Gasteiger partial charge on any atom is 0.142 e. The topological polar surface area (TPSA) is 12.0 Å². The number of anilines is 1. The van der Waals surface area contributed by atoms with Crippen LogP contribution >= 0.6 is 34.8 Å². The van der Waals surface area contributed by atoms with Gasteiger partial charge in [-0.25, -0.2) is 4.39 Å². The Bertz CT molecular complexity index is 601. The van der Waals surface area contributed by atoms with Gasteiger partial charge in [0.15, 0.2) is 0 Å². The molecule has 1 N–H and O–H groups in total. The van der Waals surface area contributed by atoms with Gasteiger partial charge in [-0.3, -0.25) is 0 Å². The predicted molar refractivity (Wildman–Crippen MR) is 79.9 cm³/mol. The number of nitrogens with one attached hydrogen (secondary N) is 1. The normalized spacial score (nSPS) is 12.3. The molecule has 0 aliphatic rings. The highest BCUT2D eigenvalue weighted by atomic mass is 35.5. The summed E-state index contributed by atoms with van der Waals surface area (Å²) < 4.78 is 13.5. The molecule has 0 aliphatic heterocycles. The second kappa shape index (κ2) is 6.00. The fourth-order valence-corrected chi connectivity index (χ4v) is 2.73. The van der Waals surface area contributed by atoms with Crippen molar-refractivity contribution in [2.75, 3.05) is 5.32 Å². The second-order valence-electron chi connectivity index (χ2n) is 4.13. The molecule has 0 amide bonds. The second-order valence-corrected chi connectivity index (χ2v) is 5.35. The highest BCUT2D eigenvalue weighted by Crippen LogP contribution is 2.34. The van der Waals surface area contributed by atoms with Gasteiger partial charge >= 0.3 is 0 Å². The molecule has 0 spiro atoms. The van der Waals surface area contributed by atoms with Gasteiger partial charge < -0.3 is 5.32 Å². The van der Waals surface area contributed by atoms with Crippen LogP contribution in [0, 0.1) is 5.82 Å². The van der Waals surface area contributed by atoms with E-state index in [-0.39, 0.29) is 11.1 Å². The molecule has 1 unspecified atom stereocenters. The van der Waals surface area contributed by atoms with Crippen molar-refractivity contribution < 1.29 is 4.39 Å². The Morgan fingerprint density at radius 2 is 1.84 bits per heavy atom. The van der Waals surface area contributed by atoms with E-state index in [0.29, 0.717) is 15.6 Å². The average molecular weight is 319 g/mol. The van der Waals surface area contributed by atoms with E-state index in [2.05, 4.69) is 5.32 Å². The number of hydrogen-bond acceptors (Lipinski definition) is 1. The lowest BCUT2D eigenvalue weighted by molar-refractivity contribution is 0.624. The maximum atomic E-state index is 13.5. The Morgan fingerprint density at radius 1 is 1.11 bits per heavy atom. The first kappa shape index (κ1) is 14.4. The molecule has 0 heterocycles. The van der Waals surface area contributed by atoms with E-state index in [9.17, 15) is 4.39 Å². The summed E-state index contributed by atoms with van der Waals surface area (Å²) in [7, 11) is 0. The Hall–Kier alpha value is -0.960. The van der Waals surface area contributed by atoms with Crippen LogP contribution in [0.3, 0.4) is 0 Å². The third-order valence-corrected chi connectivity index (χ3v) is 3.67. The molecule has 0 saturated heterocycles. The Balaban J connectivity index is 2.30. The van der Waals surface area contributed by atoms with Crippen LogP contribution < -0.4 is 5.32 Å². The predicted octanol–water partition coefficient (Wildman–Crippen LogP) is 5.96. The minimum atomic E-state index is -0.485. The molecule has 5 heteroatoms. The zero-order valence-electron chi connectivity index (χ0n) is 10.1. The Labute approximate surface area is 126 Å². The van der Waals surface area contributed by atoms with Gasteiger partial charge in [-0.1, -0.05) is 40.9 Å². The molecular formula is C14H11Cl3FN. The first-order chi connectivity index (χ1) is 8.99. The maximum absolute atomic E-state index is 13.5. The molecule has 0 aliphatic carbocycles. The first-order valence-corrected chi connectivity index (χ1v) is 6.78. The minimum absolute atomic E-state index is 0.0366. The van der Waals surface area contributed by atoms with Gasteiger partial charge in [-0.2, -0.15) is 0 Å². The van der Waals surface area contributed by atoms with Crippen molar-refractivity contribution in [3.63, 3.8) is 0 Å². The Morgan fingerprint density at radius 3 is 2.53 bits per heavy atom. The van der Waals surface area contributed by atoms with Crippen LogP contribution in [0.2, 0.25) is 15.1 Å². The van der Waals surface area contributed by atoms with Crippen molar-refractivity contribution in [1.82, 2.24) is 0 Å². The molecule has 0 bridgehead atoms. The van der Waals surface area contributed by atoms with Crippen LogP contribution in [-0.4, -0.2) is 0 Å². The van der Waals surface area contributed by atoms with Gasteiger partial charge in [0.2, 0.25) is 0 Å². The fraction of sp³-hybridized carbons (Fsp3) is 0.143. The molecule has 1 nitrogen and oxygen atoms in total. The third-order valence-electron chi connectivity index (χ3n) is 2.72. The molecular weight excluding hydrogens is 308 g/mol. The monoisotopic (exact) mass is 317 g/mol. The summed E-state index contributed by atoms with van der Waals surface area (Å²) in [5, 5.41) is 4.27. The lowest BCUT2D eigenvalue weighted by Gasteiger charge is -2.18. The van der Waals surface area contributed by atoms with Gasteiger partial charge in [0.05, 0.1) is 11.1 Å². The summed E-state index contributed by atoms with van der Waals surface area (Å²) in [5.74, 6) is -0.485. The number of hydrogen-bond donors (Lipinski definition) is 1. The summed E-state index contributed by atoms with van der Waals surface area (Å²) in [6.07, 6.45) is 0. The summed E-state index contributed by atoms with van der Waals surface area (Å²) in [5.41, 5.74) is 1.35. The SMILES string of the molecule is CC(Nc1cccc(Cl)c1)c1c(Cl)ccc(F)c1Cl. The summed E-state index contributed by atoms with van der Waals surface area (Å²) >= 11 is 18.0. The van der Waals surface area contributed by atoms with Gasteiger partial charge in [-0.05, 0) is 37.3 Å². The van der Waals surface area contributed by atoms with Crippen molar-refractivity contribution in [3.05, 3.63) is 62.8 Å². The summed E-state index contributed by atoms with van der Waals surface area (Å²) in [6, 6.07) is 9.75. The minimum Gasteiger partial charge on any atom is -0.378 e. The smallest absolute Gasteiger partial charge is 0.142 e. The summed E-state index contributed by atoms with van der Waals surface area (Å²) in [4.78, 5) is 0. The van der Waals surface area contributed by atoms with E-state index in [4.69, 9.17) is 34.8 Å². The molecule has 0 fully saturated rings. The van der Waals surface area contributed by atoms with E-state index < -0.39 is 5.82 Å². The van der Waals surface area contributed by atoms with Gasteiger partial charge in [0.25, 0.3) is 0 Å². The molecule has 1 atom stereocenters. The third kappa shape index (κ3) is 3.33. The van der Waals surface area contributed by atoms with Gasteiger partial charge in [0, 0.05) is 21.3 Å². The van der Waals surface area contributed by atoms with Crippen LogP contribution in [0.1, 0.15) is 18.5 Å². The standard InChI is InChI=1S/C14H11Cl3FN/c1-8(19-10-4-2-3-9(15)7-10)13-11(16)5-6-12(18)14(13)17/h2-8,19H,1H3. The lowest BCUT2D eigenvalue weighted by atomic mass is 10.1. The molecule has 0 aromatic heterocycles. The van der Waals surface area contributed by atoms with E-state index in [0.717, 1.165) is 5.69 Å². The fourth-order valence-electron chi connectivity index (χ4n) is 1.84. The Kier molecular flexibility index (Phi) is 4.56. The average Bonchev–Trinajstić information content (AvgIpc) is 2.34. The molecule has 100 valence electrons. The van der Waals surface area contributed by atoms with Crippen LogP contribution in [-0.2, 0) is 0 Å². The number of benzene rings is 2. The zero-order valence-corrected chi connectivity index (χ0v) is 12.3. The lowest BCUT2D eigenvalue weighted by Crippen LogP contribution is -2.08. The number of halogens is 4. The van der Waals surface area contributed by atoms with E-state index in [1.807, 2.05) is 19.1 Å². The van der Waals surface area contributed by atoms with Gasteiger partial charge in [-0.15, -0.1) is 0 Å². The highest BCUT2D eigenvalue weighted by molar-refractivity contribution is 6.36. The molecule has 2 aromatic carbocycles.